The third-order valence-corrected chi connectivity index (χ3v) is 6.80. The predicted octanol–water partition coefficient (Wildman–Crippen LogP) is 9.46. The molecule has 1 aliphatic carbocycles. The van der Waals surface area contributed by atoms with Gasteiger partial charge in [-0.2, -0.15) is 5.57 Å². The first-order valence-corrected chi connectivity index (χ1v) is 12.4. The molecule has 0 spiro atoms. The molecule has 7 rings (SSSR count). The molecule has 0 N–H and O–H groups in total. The van der Waals surface area contributed by atoms with E-state index < -0.39 is 0 Å². The van der Waals surface area contributed by atoms with Crippen molar-refractivity contribution in [1.29, 1.82) is 0 Å². The van der Waals surface area contributed by atoms with E-state index in [-0.39, 0.29) is 32.1 Å². The quantitative estimate of drug-likeness (QED) is 0.193. The molecule has 1 atom stereocenters. The van der Waals surface area contributed by atoms with Gasteiger partial charge >= 0.3 is 26.2 Å². The third-order valence-electron chi connectivity index (χ3n) is 6.80. The van der Waals surface area contributed by atoms with E-state index in [1.54, 1.807) is 0 Å². The van der Waals surface area contributed by atoms with Crippen LogP contribution in [0.5, 0.6) is 0 Å². The molecule has 6 aromatic carbocycles. The maximum absolute atomic E-state index is 3.57. The van der Waals surface area contributed by atoms with Crippen LogP contribution in [0.25, 0.3) is 32.7 Å². The van der Waals surface area contributed by atoms with Crippen molar-refractivity contribution in [1.82, 2.24) is 0 Å². The van der Waals surface area contributed by atoms with E-state index in [1.165, 1.54) is 49.4 Å². The van der Waals surface area contributed by atoms with E-state index in [2.05, 4.69) is 158 Å². The topological polar surface area (TPSA) is 0 Å². The summed E-state index contributed by atoms with van der Waals surface area (Å²) in [5.41, 5.74) is 6.40. The van der Waals surface area contributed by atoms with Gasteiger partial charge in [0.15, 0.2) is 0 Å². The van der Waals surface area contributed by atoms with E-state index in [9.17, 15) is 0 Å². The van der Waals surface area contributed by atoms with Crippen LogP contribution in [-0.2, 0) is 26.2 Å². The first kappa shape index (κ1) is 25.0. The Bertz CT molecular complexity index is 1610. The molecule has 37 heavy (non-hydrogen) atoms. The molecule has 0 aromatic heterocycles. The minimum Gasteiger partial charge on any atom is -0.264 e. The van der Waals surface area contributed by atoms with Gasteiger partial charge in [-0.05, 0) is 5.56 Å². The third kappa shape index (κ3) is 5.24. The van der Waals surface area contributed by atoms with Gasteiger partial charge in [0.1, 0.15) is 0 Å². The Kier molecular flexibility index (Phi) is 7.83. The van der Waals surface area contributed by atoms with Crippen LogP contribution in [0.2, 0.25) is 0 Å². The second kappa shape index (κ2) is 11.6. The Morgan fingerprint density at radius 2 is 0.946 bits per heavy atom. The van der Waals surface area contributed by atoms with Gasteiger partial charge in [-0.25, -0.2) is 6.08 Å². The number of allylic oxidation sites excluding steroid dienone is 4. The summed E-state index contributed by atoms with van der Waals surface area (Å²) < 4.78 is 0. The molecule has 0 radical (unpaired) electrons. The maximum atomic E-state index is 3.57. The summed E-state index contributed by atoms with van der Waals surface area (Å²) in [6, 6.07) is 51.1. The first-order chi connectivity index (χ1) is 17.9. The van der Waals surface area contributed by atoms with Crippen molar-refractivity contribution in [3.8, 4) is 0 Å². The zero-order valence-corrected chi connectivity index (χ0v) is 23.0. The Morgan fingerprint density at radius 1 is 0.486 bits per heavy atom. The van der Waals surface area contributed by atoms with Gasteiger partial charge in [0, 0.05) is 0 Å². The van der Waals surface area contributed by atoms with Gasteiger partial charge in [-0.1, -0.05) is 139 Å². The van der Waals surface area contributed by atoms with Gasteiger partial charge in [0.25, 0.3) is 0 Å². The van der Waals surface area contributed by atoms with Crippen LogP contribution in [0.15, 0.2) is 152 Å². The normalized spacial score (nSPS) is 14.3. The molecule has 0 fully saturated rings. The van der Waals surface area contributed by atoms with Gasteiger partial charge in [0.05, 0.1) is 0 Å². The number of hydrogen-bond acceptors (Lipinski definition) is 0. The van der Waals surface area contributed by atoms with Crippen LogP contribution in [0, 0.1) is 6.08 Å². The smallest absolute Gasteiger partial charge is 0.264 e. The fourth-order valence-electron chi connectivity index (χ4n) is 5.09. The van der Waals surface area contributed by atoms with Gasteiger partial charge in [0.2, 0.25) is 0 Å². The molecule has 0 nitrogen and oxygen atoms in total. The fourth-order valence-corrected chi connectivity index (χ4v) is 5.09. The molecule has 0 heterocycles. The second-order valence-corrected chi connectivity index (χ2v) is 9.03. The summed E-state index contributed by atoms with van der Waals surface area (Å²) in [7, 11) is 0. The summed E-state index contributed by atoms with van der Waals surface area (Å²) in [6.45, 7) is 0. The van der Waals surface area contributed by atoms with Crippen molar-refractivity contribution >= 4 is 32.7 Å². The monoisotopic (exact) mass is 548 g/mol. The molecule has 174 valence electrons. The number of benzene rings is 5. The average Bonchev–Trinajstić information content (AvgIpc) is 3.57. The van der Waals surface area contributed by atoms with Gasteiger partial charge in [-0.15, -0.1) is 50.9 Å². The van der Waals surface area contributed by atoms with Crippen molar-refractivity contribution in [2.45, 2.75) is 5.92 Å². The van der Waals surface area contributed by atoms with Crippen molar-refractivity contribution in [3.63, 3.8) is 0 Å². The standard InChI is InChI=1S/C23H17.C13H9.Zr/c1-4-10-18(11-5-1)21-16-17-22(19-12-6-2-7-13-19)23(21)20-14-8-3-9-15-20;1-3-7-12-10(5-1)9-11-6-2-4-8-13(11)12;/h1-16,22H;1-9H;/q2*-1;+2. The van der Waals surface area contributed by atoms with E-state index in [0.717, 1.165) is 0 Å². The van der Waals surface area contributed by atoms with Crippen molar-refractivity contribution in [2.24, 2.45) is 0 Å². The van der Waals surface area contributed by atoms with E-state index in [4.69, 9.17) is 0 Å². The summed E-state index contributed by atoms with van der Waals surface area (Å²) in [4.78, 5) is 0. The van der Waals surface area contributed by atoms with E-state index >= 15 is 0 Å². The largest absolute Gasteiger partial charge is 2.00 e. The van der Waals surface area contributed by atoms with Crippen LogP contribution in [-0.4, -0.2) is 0 Å². The minimum absolute atomic E-state index is 0. The number of rotatable bonds is 3. The number of fused-ring (bicyclic) bond motifs is 3. The predicted molar refractivity (Wildman–Crippen MR) is 154 cm³/mol. The molecule has 1 heteroatoms. The van der Waals surface area contributed by atoms with Crippen molar-refractivity contribution in [2.75, 3.05) is 0 Å². The van der Waals surface area contributed by atoms with Gasteiger partial charge in [-0.3, -0.25) is 6.08 Å². The van der Waals surface area contributed by atoms with Crippen molar-refractivity contribution < 1.29 is 26.2 Å². The Morgan fingerprint density at radius 3 is 1.51 bits per heavy atom. The number of hydrogen-bond donors (Lipinski definition) is 0. The van der Waals surface area contributed by atoms with Gasteiger partial charge < -0.3 is 0 Å². The maximum Gasteiger partial charge on any atom is 2.00 e. The molecular formula is C36H26Zr. The molecule has 0 aliphatic heterocycles. The van der Waals surface area contributed by atoms with E-state index in [1.807, 2.05) is 0 Å². The molecule has 0 amide bonds. The first-order valence-electron chi connectivity index (χ1n) is 12.4. The second-order valence-electron chi connectivity index (χ2n) is 9.03. The van der Waals surface area contributed by atoms with Crippen LogP contribution >= 0.6 is 0 Å². The molecular weight excluding hydrogens is 524 g/mol. The van der Waals surface area contributed by atoms with Crippen LogP contribution < -0.4 is 0 Å². The van der Waals surface area contributed by atoms with Crippen LogP contribution in [0.4, 0.5) is 0 Å². The van der Waals surface area contributed by atoms with Crippen molar-refractivity contribution in [3.05, 3.63) is 174 Å². The van der Waals surface area contributed by atoms with E-state index in [0.29, 0.717) is 0 Å². The minimum atomic E-state index is 0. The fraction of sp³-hybridized carbons (Fsp3) is 0.0278. The van der Waals surface area contributed by atoms with Crippen LogP contribution in [0.3, 0.4) is 0 Å². The SMILES string of the molecule is [C-]1=CC(c2ccccc2)=C(c2ccccc2)C1c1ccccc1.[Zr+2].c1ccc2c(c1)[cH-]c1ccccc12. The molecule has 0 saturated heterocycles. The summed E-state index contributed by atoms with van der Waals surface area (Å²) in [5.74, 6) is 0.189. The zero-order valence-electron chi connectivity index (χ0n) is 20.5. The molecule has 0 bridgehead atoms. The summed E-state index contributed by atoms with van der Waals surface area (Å²) in [6.07, 6.45) is 5.72. The zero-order chi connectivity index (χ0) is 24.2. The Balaban J connectivity index is 0.000000170. The Labute approximate surface area is 238 Å². The molecule has 1 aliphatic rings. The molecule has 1 unspecified atom stereocenters. The summed E-state index contributed by atoms with van der Waals surface area (Å²) >= 11 is 0. The molecule has 0 saturated carbocycles. The summed E-state index contributed by atoms with van der Waals surface area (Å²) in [5, 5.41) is 5.39. The Hall–Kier alpha value is -3.67. The molecule has 6 aromatic rings. The average molecular weight is 550 g/mol. The van der Waals surface area contributed by atoms with Crippen LogP contribution in [0.1, 0.15) is 22.6 Å².